The first-order valence-electron chi connectivity index (χ1n) is 7.75. The van der Waals surface area contributed by atoms with Crippen molar-refractivity contribution in [3.8, 4) is 0 Å². The number of rotatable bonds is 8. The normalized spacial score (nSPS) is 13.9. The van der Waals surface area contributed by atoms with Crippen molar-refractivity contribution >= 4 is 17.7 Å². The third kappa shape index (κ3) is 6.24. The van der Waals surface area contributed by atoms with Crippen LogP contribution in [0.5, 0.6) is 0 Å². The third-order valence-corrected chi connectivity index (χ3v) is 3.35. The van der Waals surface area contributed by atoms with Crippen LogP contribution in [0.4, 0.5) is 0 Å². The minimum absolute atomic E-state index is 0.000318. The number of aliphatic carboxylic acids is 1. The van der Waals surface area contributed by atoms with E-state index in [1.807, 2.05) is 37.3 Å². The van der Waals surface area contributed by atoms with E-state index in [1.165, 1.54) is 6.92 Å². The number of carbonyl (C=O) groups excluding carboxylic acids is 1. The lowest BCUT2D eigenvalue weighted by Gasteiger charge is -2.15. The summed E-state index contributed by atoms with van der Waals surface area (Å²) < 4.78 is 5.21. The molecule has 0 amide bonds. The molecule has 0 spiro atoms. The molecule has 24 heavy (non-hydrogen) atoms. The van der Waals surface area contributed by atoms with Crippen LogP contribution in [0.15, 0.2) is 46.7 Å². The van der Waals surface area contributed by atoms with E-state index < -0.39 is 18.4 Å². The summed E-state index contributed by atoms with van der Waals surface area (Å²) in [4.78, 5) is 27.6. The number of nitrogens with zero attached hydrogens (tertiary/aromatic N) is 1. The van der Waals surface area contributed by atoms with Gasteiger partial charge in [0.1, 0.15) is 11.3 Å². The van der Waals surface area contributed by atoms with E-state index >= 15 is 0 Å². The zero-order valence-electron chi connectivity index (χ0n) is 14.2. The summed E-state index contributed by atoms with van der Waals surface area (Å²) in [6, 6.07) is 9.22. The zero-order chi connectivity index (χ0) is 18.1. The van der Waals surface area contributed by atoms with Crippen molar-refractivity contribution < 1.29 is 24.5 Å². The van der Waals surface area contributed by atoms with E-state index in [-0.39, 0.29) is 29.7 Å². The summed E-state index contributed by atoms with van der Waals surface area (Å²) in [5.74, 6) is -2.22. The van der Waals surface area contributed by atoms with Crippen LogP contribution in [0.2, 0.25) is 0 Å². The fourth-order valence-corrected chi connectivity index (χ4v) is 1.94. The number of esters is 1. The van der Waals surface area contributed by atoms with Crippen molar-refractivity contribution in [1.29, 1.82) is 0 Å². The molecule has 0 saturated carbocycles. The standard InChI is InChI=1S/C18H23NO5/c1-4-12(2)24-18(23)17(13(3)20)15(10-16(21)22)19-11-14-8-6-5-7-9-14/h5-9,12,20H,4,10-11H2,1-3H3,(H,21,22). The first kappa shape index (κ1) is 19.4. The molecular formula is C18H23NO5. The second-order valence-electron chi connectivity index (χ2n) is 5.40. The molecule has 0 bridgehead atoms. The highest BCUT2D eigenvalue weighted by atomic mass is 16.5. The number of ether oxygens (including phenoxy) is 1. The van der Waals surface area contributed by atoms with E-state index in [0.29, 0.717) is 6.42 Å². The number of aliphatic imine (C=N–C) groups is 1. The lowest BCUT2D eigenvalue weighted by molar-refractivity contribution is -0.143. The van der Waals surface area contributed by atoms with Crippen LogP contribution in [0.1, 0.15) is 39.2 Å². The average Bonchev–Trinajstić information content (AvgIpc) is 2.52. The monoisotopic (exact) mass is 333 g/mol. The van der Waals surface area contributed by atoms with E-state index in [4.69, 9.17) is 9.84 Å². The fraction of sp³-hybridized carbons (Fsp3) is 0.389. The highest BCUT2D eigenvalue weighted by Crippen LogP contribution is 2.14. The highest BCUT2D eigenvalue weighted by Gasteiger charge is 2.24. The Morgan fingerprint density at radius 3 is 2.33 bits per heavy atom. The van der Waals surface area contributed by atoms with Gasteiger partial charge in [-0.25, -0.2) is 4.79 Å². The SMILES string of the molecule is CCC(C)OC(=O)C(C(CC(=O)O)=NCc1ccccc1)=C(C)O. The van der Waals surface area contributed by atoms with Gasteiger partial charge in [0.15, 0.2) is 0 Å². The molecule has 1 unspecified atom stereocenters. The number of aliphatic hydroxyl groups is 1. The van der Waals surface area contributed by atoms with Gasteiger partial charge >= 0.3 is 11.9 Å². The zero-order valence-corrected chi connectivity index (χ0v) is 14.2. The van der Waals surface area contributed by atoms with Gasteiger partial charge in [-0.3, -0.25) is 9.79 Å². The maximum atomic E-state index is 12.3. The van der Waals surface area contributed by atoms with Gasteiger partial charge in [-0.15, -0.1) is 0 Å². The topological polar surface area (TPSA) is 96.2 Å². The lowest BCUT2D eigenvalue weighted by Crippen LogP contribution is -2.24. The third-order valence-electron chi connectivity index (χ3n) is 3.35. The second kappa shape index (κ2) is 9.50. The van der Waals surface area contributed by atoms with Crippen LogP contribution in [0.3, 0.4) is 0 Å². The van der Waals surface area contributed by atoms with Crippen molar-refractivity contribution in [2.24, 2.45) is 4.99 Å². The van der Waals surface area contributed by atoms with E-state index in [0.717, 1.165) is 5.56 Å². The molecule has 1 rings (SSSR count). The Morgan fingerprint density at radius 2 is 1.83 bits per heavy atom. The Bertz CT molecular complexity index is 630. The Morgan fingerprint density at radius 1 is 1.21 bits per heavy atom. The summed E-state index contributed by atoms with van der Waals surface area (Å²) >= 11 is 0. The molecule has 0 radical (unpaired) electrons. The van der Waals surface area contributed by atoms with Gasteiger partial charge in [-0.05, 0) is 25.8 Å². The first-order valence-corrected chi connectivity index (χ1v) is 7.75. The summed E-state index contributed by atoms with van der Waals surface area (Å²) in [6.45, 7) is 5.10. The van der Waals surface area contributed by atoms with Gasteiger partial charge in [0.05, 0.1) is 24.8 Å². The molecular weight excluding hydrogens is 310 g/mol. The van der Waals surface area contributed by atoms with Crippen LogP contribution < -0.4 is 0 Å². The molecule has 0 aliphatic rings. The Labute approximate surface area is 141 Å². The maximum absolute atomic E-state index is 12.3. The van der Waals surface area contributed by atoms with Crippen molar-refractivity contribution in [2.45, 2.75) is 46.3 Å². The molecule has 0 aromatic heterocycles. The summed E-state index contributed by atoms with van der Waals surface area (Å²) in [5.41, 5.74) is 0.680. The number of carboxylic acid groups (broad SMARTS) is 1. The molecule has 0 aliphatic heterocycles. The Kier molecular flexibility index (Phi) is 7.68. The van der Waals surface area contributed by atoms with Gasteiger partial charge in [0, 0.05) is 0 Å². The van der Waals surface area contributed by atoms with Crippen LogP contribution >= 0.6 is 0 Å². The van der Waals surface area contributed by atoms with Crippen molar-refractivity contribution in [2.75, 3.05) is 0 Å². The highest BCUT2D eigenvalue weighted by molar-refractivity contribution is 6.23. The van der Waals surface area contributed by atoms with E-state index in [1.54, 1.807) is 6.92 Å². The molecule has 1 aromatic rings. The largest absolute Gasteiger partial charge is 0.512 e. The number of carboxylic acids is 1. The summed E-state index contributed by atoms with van der Waals surface area (Å²) in [5, 5.41) is 18.9. The Hall–Kier alpha value is -2.63. The minimum Gasteiger partial charge on any atom is -0.512 e. The van der Waals surface area contributed by atoms with Gasteiger partial charge in [0.25, 0.3) is 0 Å². The number of hydrogen-bond donors (Lipinski definition) is 2. The number of carbonyl (C=O) groups is 2. The molecule has 6 heteroatoms. The lowest BCUT2D eigenvalue weighted by atomic mass is 10.1. The van der Waals surface area contributed by atoms with Crippen LogP contribution in [-0.2, 0) is 20.9 Å². The average molecular weight is 333 g/mol. The number of aliphatic hydroxyl groups excluding tert-OH is 1. The molecule has 130 valence electrons. The second-order valence-corrected chi connectivity index (χ2v) is 5.40. The van der Waals surface area contributed by atoms with E-state index in [2.05, 4.69) is 4.99 Å². The first-order chi connectivity index (χ1) is 11.3. The molecule has 0 heterocycles. The van der Waals surface area contributed by atoms with Gasteiger partial charge in [0.2, 0.25) is 0 Å². The molecule has 0 aliphatic carbocycles. The van der Waals surface area contributed by atoms with Crippen molar-refractivity contribution in [3.63, 3.8) is 0 Å². The predicted octanol–water partition coefficient (Wildman–Crippen LogP) is 3.28. The van der Waals surface area contributed by atoms with Crippen molar-refractivity contribution in [3.05, 3.63) is 47.2 Å². The maximum Gasteiger partial charge on any atom is 0.343 e. The molecule has 0 fully saturated rings. The van der Waals surface area contributed by atoms with Gasteiger partial charge < -0.3 is 14.9 Å². The fourth-order valence-electron chi connectivity index (χ4n) is 1.94. The number of allylic oxidation sites excluding steroid dienone is 1. The van der Waals surface area contributed by atoms with Gasteiger partial charge in [-0.1, -0.05) is 37.3 Å². The Balaban J connectivity index is 3.12. The smallest absolute Gasteiger partial charge is 0.343 e. The van der Waals surface area contributed by atoms with E-state index in [9.17, 15) is 14.7 Å². The molecule has 2 N–H and O–H groups in total. The summed E-state index contributed by atoms with van der Waals surface area (Å²) in [7, 11) is 0. The van der Waals surface area contributed by atoms with Crippen molar-refractivity contribution in [1.82, 2.24) is 0 Å². The van der Waals surface area contributed by atoms with Crippen LogP contribution in [0, 0.1) is 0 Å². The quantitative estimate of drug-likeness (QED) is 0.329. The molecule has 1 atom stereocenters. The number of hydrogen-bond acceptors (Lipinski definition) is 5. The predicted molar refractivity (Wildman–Crippen MR) is 91.0 cm³/mol. The van der Waals surface area contributed by atoms with Crippen LogP contribution in [-0.4, -0.2) is 34.0 Å². The number of benzene rings is 1. The van der Waals surface area contributed by atoms with Gasteiger partial charge in [-0.2, -0.15) is 0 Å². The van der Waals surface area contributed by atoms with Crippen LogP contribution in [0.25, 0.3) is 0 Å². The molecule has 1 aromatic carbocycles. The molecule has 0 saturated heterocycles. The minimum atomic E-state index is -1.14. The summed E-state index contributed by atoms with van der Waals surface area (Å²) in [6.07, 6.45) is -0.207. The molecule has 6 nitrogen and oxygen atoms in total.